The van der Waals surface area contributed by atoms with Crippen molar-refractivity contribution in [3.05, 3.63) is 46.5 Å². The van der Waals surface area contributed by atoms with Crippen LogP contribution in [0.25, 0.3) is 0 Å². The zero-order valence-corrected chi connectivity index (χ0v) is 19.6. The molecule has 0 spiro atoms. The molecule has 2 atom stereocenters. The van der Waals surface area contributed by atoms with E-state index in [9.17, 15) is 0 Å². The van der Waals surface area contributed by atoms with Crippen LogP contribution in [0.3, 0.4) is 0 Å². The fraction of sp³-hybridized carbons (Fsp3) is 0.625. The van der Waals surface area contributed by atoms with Crippen molar-refractivity contribution < 1.29 is 4.42 Å². The third-order valence-corrected chi connectivity index (χ3v) is 7.37. The summed E-state index contributed by atoms with van der Waals surface area (Å²) in [6.07, 6.45) is 8.22. The summed E-state index contributed by atoms with van der Waals surface area (Å²) >= 11 is 1.86. The Morgan fingerprint density at radius 1 is 1.16 bits per heavy atom. The van der Waals surface area contributed by atoms with E-state index in [4.69, 9.17) is 4.42 Å². The molecule has 0 aliphatic carbocycles. The van der Waals surface area contributed by atoms with Crippen molar-refractivity contribution >= 4 is 17.3 Å². The zero-order chi connectivity index (χ0) is 21.3. The van der Waals surface area contributed by atoms with E-state index < -0.39 is 0 Å². The molecule has 2 aromatic heterocycles. The Labute approximate surface area is 190 Å². The molecule has 2 saturated heterocycles. The molecule has 0 amide bonds. The van der Waals surface area contributed by atoms with E-state index in [1.165, 1.54) is 43.5 Å². The highest BCUT2D eigenvalue weighted by molar-refractivity contribution is 7.09. The van der Waals surface area contributed by atoms with Crippen LogP contribution in [-0.2, 0) is 6.54 Å². The molecule has 6 nitrogen and oxygen atoms in total. The summed E-state index contributed by atoms with van der Waals surface area (Å²) in [5.41, 5.74) is 0. The van der Waals surface area contributed by atoms with Crippen molar-refractivity contribution in [3.8, 4) is 0 Å². The lowest BCUT2D eigenvalue weighted by atomic mass is 9.98. The molecule has 4 heterocycles. The zero-order valence-electron chi connectivity index (χ0n) is 18.8. The van der Waals surface area contributed by atoms with E-state index in [1.54, 1.807) is 6.26 Å². The van der Waals surface area contributed by atoms with Gasteiger partial charge in [-0.3, -0.25) is 14.8 Å². The maximum atomic E-state index is 5.78. The van der Waals surface area contributed by atoms with Crippen LogP contribution >= 0.6 is 11.3 Å². The molecule has 0 saturated carbocycles. The third-order valence-electron chi connectivity index (χ3n) is 6.51. The minimum absolute atomic E-state index is 0.254. The van der Waals surface area contributed by atoms with E-state index in [0.717, 1.165) is 51.0 Å². The van der Waals surface area contributed by atoms with Crippen molar-refractivity contribution in [3.63, 3.8) is 0 Å². The van der Waals surface area contributed by atoms with Crippen molar-refractivity contribution in [1.82, 2.24) is 20.4 Å². The molecule has 2 aromatic rings. The van der Waals surface area contributed by atoms with Gasteiger partial charge in [-0.25, -0.2) is 0 Å². The predicted octanol–water partition coefficient (Wildman–Crippen LogP) is 3.95. The molecule has 7 heteroatoms. The molecule has 0 aromatic carbocycles. The largest absolute Gasteiger partial charge is 0.468 e. The normalized spacial score (nSPS) is 22.4. The van der Waals surface area contributed by atoms with Gasteiger partial charge in [-0.05, 0) is 74.8 Å². The number of aliphatic imine (C=N–C) groups is 1. The quantitative estimate of drug-likeness (QED) is 0.478. The molecule has 0 bridgehead atoms. The van der Waals surface area contributed by atoms with Gasteiger partial charge < -0.3 is 15.1 Å². The van der Waals surface area contributed by atoms with Gasteiger partial charge in [0.2, 0.25) is 0 Å². The van der Waals surface area contributed by atoms with Crippen molar-refractivity contribution in [1.29, 1.82) is 0 Å². The Kier molecular flexibility index (Phi) is 8.44. The van der Waals surface area contributed by atoms with Crippen LogP contribution in [0.1, 0.15) is 48.8 Å². The minimum Gasteiger partial charge on any atom is -0.468 e. The van der Waals surface area contributed by atoms with Crippen molar-refractivity contribution in [2.45, 2.75) is 44.7 Å². The molecular formula is C24H37N5OS. The van der Waals surface area contributed by atoms with Gasteiger partial charge in [-0.1, -0.05) is 12.5 Å². The topological polar surface area (TPSA) is 56.0 Å². The average Bonchev–Trinajstić information content (AvgIpc) is 3.52. The van der Waals surface area contributed by atoms with Crippen molar-refractivity contribution in [2.75, 3.05) is 46.3 Å². The molecule has 2 fully saturated rings. The maximum Gasteiger partial charge on any atom is 0.191 e. The molecular weight excluding hydrogens is 406 g/mol. The molecule has 170 valence electrons. The number of nitrogens with one attached hydrogen (secondary N) is 2. The van der Waals surface area contributed by atoms with Gasteiger partial charge in [-0.2, -0.15) is 0 Å². The van der Waals surface area contributed by atoms with Crippen LogP contribution in [0, 0.1) is 5.92 Å². The highest BCUT2D eigenvalue weighted by Gasteiger charge is 2.25. The number of piperidine rings is 2. The molecule has 4 rings (SSSR count). The summed E-state index contributed by atoms with van der Waals surface area (Å²) in [6.45, 7) is 7.51. The van der Waals surface area contributed by atoms with Crippen LogP contribution in [-0.4, -0.2) is 62.1 Å². The summed E-state index contributed by atoms with van der Waals surface area (Å²) in [7, 11) is 1.86. The van der Waals surface area contributed by atoms with Gasteiger partial charge in [0.1, 0.15) is 5.76 Å². The molecule has 2 N–H and O–H groups in total. The lowest BCUT2D eigenvalue weighted by molar-refractivity contribution is 0.146. The van der Waals surface area contributed by atoms with Gasteiger partial charge in [0.25, 0.3) is 0 Å². The van der Waals surface area contributed by atoms with Crippen molar-refractivity contribution in [2.24, 2.45) is 10.9 Å². The SMILES string of the molecule is CN=C(NCC1CCCN(Cc2cccs2)C1)NCC(c1ccco1)N1CCCCC1. The Balaban J connectivity index is 1.25. The first kappa shape index (κ1) is 22.4. The van der Waals surface area contributed by atoms with E-state index >= 15 is 0 Å². The number of thiophene rings is 1. The molecule has 2 aliphatic heterocycles. The average molecular weight is 444 g/mol. The standard InChI is InChI=1S/C24H37N5OS/c1-25-24(26-16-20-8-5-11-28(18-20)19-21-9-7-15-31-21)27-17-22(23-10-6-14-30-23)29-12-3-2-4-13-29/h6-7,9-10,14-15,20,22H,2-5,8,11-13,16-19H2,1H3,(H2,25,26,27). The molecule has 31 heavy (non-hydrogen) atoms. The summed E-state index contributed by atoms with van der Waals surface area (Å²) in [6, 6.07) is 8.74. The highest BCUT2D eigenvalue weighted by atomic mass is 32.1. The molecule has 2 aliphatic rings. The first-order chi connectivity index (χ1) is 15.3. The van der Waals surface area contributed by atoms with E-state index in [1.807, 2.05) is 24.5 Å². The monoisotopic (exact) mass is 443 g/mol. The van der Waals surface area contributed by atoms with Crippen LogP contribution in [0.4, 0.5) is 0 Å². The Morgan fingerprint density at radius 2 is 2.06 bits per heavy atom. The fourth-order valence-electron chi connectivity index (χ4n) is 4.86. The van der Waals surface area contributed by atoms with Crippen LogP contribution in [0.2, 0.25) is 0 Å². The lowest BCUT2D eigenvalue weighted by Gasteiger charge is -2.34. The number of hydrogen-bond donors (Lipinski definition) is 2. The summed E-state index contributed by atoms with van der Waals surface area (Å²) in [5, 5.41) is 9.33. The van der Waals surface area contributed by atoms with E-state index in [2.05, 4.69) is 49.0 Å². The number of hydrogen-bond acceptors (Lipinski definition) is 5. The van der Waals surface area contributed by atoms with Gasteiger partial charge in [0.05, 0.1) is 12.3 Å². The van der Waals surface area contributed by atoms with Gasteiger partial charge in [0, 0.05) is 38.1 Å². The second-order valence-corrected chi connectivity index (χ2v) is 9.82. The lowest BCUT2D eigenvalue weighted by Crippen LogP contribution is -2.47. The number of furan rings is 1. The number of nitrogens with zero attached hydrogens (tertiary/aromatic N) is 3. The maximum absolute atomic E-state index is 5.78. The van der Waals surface area contributed by atoms with E-state index in [-0.39, 0.29) is 6.04 Å². The van der Waals surface area contributed by atoms with E-state index in [0.29, 0.717) is 5.92 Å². The summed E-state index contributed by atoms with van der Waals surface area (Å²) < 4.78 is 5.78. The van der Waals surface area contributed by atoms with Gasteiger partial charge in [-0.15, -0.1) is 11.3 Å². The number of rotatable bonds is 8. The first-order valence-electron chi connectivity index (χ1n) is 11.8. The smallest absolute Gasteiger partial charge is 0.191 e. The number of likely N-dealkylation sites (tertiary alicyclic amines) is 2. The second kappa shape index (κ2) is 11.7. The predicted molar refractivity (Wildman–Crippen MR) is 129 cm³/mol. The highest BCUT2D eigenvalue weighted by Crippen LogP contribution is 2.24. The van der Waals surface area contributed by atoms with Crippen LogP contribution in [0.15, 0.2) is 45.3 Å². The van der Waals surface area contributed by atoms with Crippen LogP contribution < -0.4 is 10.6 Å². The summed E-state index contributed by atoms with van der Waals surface area (Å²) in [5.74, 6) is 2.60. The summed E-state index contributed by atoms with van der Waals surface area (Å²) in [4.78, 5) is 11.1. The fourth-order valence-corrected chi connectivity index (χ4v) is 5.61. The number of guanidine groups is 1. The minimum atomic E-state index is 0.254. The van der Waals surface area contributed by atoms with Crippen LogP contribution in [0.5, 0.6) is 0 Å². The Bertz CT molecular complexity index is 770. The molecule has 2 unspecified atom stereocenters. The Morgan fingerprint density at radius 3 is 2.81 bits per heavy atom. The third kappa shape index (κ3) is 6.57. The molecule has 0 radical (unpaired) electrons. The second-order valence-electron chi connectivity index (χ2n) is 8.78. The van der Waals surface area contributed by atoms with Gasteiger partial charge >= 0.3 is 0 Å². The Hall–Kier alpha value is -1.83. The van der Waals surface area contributed by atoms with Gasteiger partial charge in [0.15, 0.2) is 5.96 Å². The first-order valence-corrected chi connectivity index (χ1v) is 12.7.